The first-order chi connectivity index (χ1) is 11.7. The van der Waals surface area contributed by atoms with Gasteiger partial charge in [-0.3, -0.25) is 0 Å². The Hall–Kier alpha value is -3.01. The van der Waals surface area contributed by atoms with Crippen LogP contribution in [0.25, 0.3) is 5.69 Å². The molecule has 1 aromatic heterocycles. The van der Waals surface area contributed by atoms with Crippen LogP contribution < -0.4 is 5.32 Å². The van der Waals surface area contributed by atoms with Gasteiger partial charge in [0.2, 0.25) is 0 Å². The molecule has 0 saturated heterocycles. The second-order valence-corrected chi connectivity index (χ2v) is 6.03. The fourth-order valence-electron chi connectivity index (χ4n) is 3.28. The van der Waals surface area contributed by atoms with Crippen molar-refractivity contribution in [3.8, 4) is 5.69 Å². The van der Waals surface area contributed by atoms with Gasteiger partial charge < -0.3 is 14.8 Å². The van der Waals surface area contributed by atoms with Crippen LogP contribution in [0.5, 0.6) is 0 Å². The first-order valence-corrected chi connectivity index (χ1v) is 8.12. The van der Waals surface area contributed by atoms with E-state index in [1.54, 1.807) is 0 Å². The molecule has 4 nitrogen and oxygen atoms in total. The van der Waals surface area contributed by atoms with E-state index >= 15 is 0 Å². The van der Waals surface area contributed by atoms with Crippen LogP contribution in [-0.2, 0) is 6.54 Å². The maximum atomic E-state index is 12.9. The SMILES string of the molecule is C[C@H]1c2cccn2-c2ccccc2CN1C(=O)Nc1ccccc1. The average molecular weight is 317 g/mol. The van der Waals surface area contributed by atoms with E-state index in [9.17, 15) is 4.79 Å². The molecule has 24 heavy (non-hydrogen) atoms. The number of nitrogens with zero attached hydrogens (tertiary/aromatic N) is 2. The van der Waals surface area contributed by atoms with Crippen molar-refractivity contribution in [2.24, 2.45) is 0 Å². The van der Waals surface area contributed by atoms with Gasteiger partial charge in [0, 0.05) is 17.6 Å². The molecule has 1 atom stereocenters. The molecule has 4 rings (SSSR count). The lowest BCUT2D eigenvalue weighted by Gasteiger charge is -2.27. The van der Waals surface area contributed by atoms with Gasteiger partial charge in [0.15, 0.2) is 0 Å². The number of urea groups is 1. The van der Waals surface area contributed by atoms with Crippen LogP contribution in [0.2, 0.25) is 0 Å². The highest BCUT2D eigenvalue weighted by atomic mass is 16.2. The summed E-state index contributed by atoms with van der Waals surface area (Å²) in [5.74, 6) is 0. The summed E-state index contributed by atoms with van der Waals surface area (Å²) in [5.41, 5.74) is 4.20. The molecular formula is C20H19N3O. The van der Waals surface area contributed by atoms with Gasteiger partial charge in [-0.1, -0.05) is 36.4 Å². The van der Waals surface area contributed by atoms with Crippen LogP contribution in [0, 0.1) is 0 Å². The first kappa shape index (κ1) is 14.6. The van der Waals surface area contributed by atoms with Gasteiger partial charge in [-0.25, -0.2) is 4.79 Å². The molecule has 2 aromatic carbocycles. The Morgan fingerprint density at radius 3 is 2.58 bits per heavy atom. The standard InChI is InChI=1S/C20H19N3O/c1-15-18-12-7-13-22(18)19-11-6-5-8-16(19)14-23(15)20(24)21-17-9-3-2-4-10-17/h2-13,15H,14H2,1H3,(H,21,24)/t15-/m0/s1. The zero-order valence-corrected chi connectivity index (χ0v) is 13.5. The number of hydrogen-bond donors (Lipinski definition) is 1. The molecule has 2 heterocycles. The van der Waals surface area contributed by atoms with Crippen LogP contribution in [0.4, 0.5) is 10.5 Å². The summed E-state index contributed by atoms with van der Waals surface area (Å²) in [5, 5.41) is 3.00. The maximum Gasteiger partial charge on any atom is 0.322 e. The Morgan fingerprint density at radius 2 is 1.75 bits per heavy atom. The highest BCUT2D eigenvalue weighted by Gasteiger charge is 2.28. The van der Waals surface area contributed by atoms with Crippen molar-refractivity contribution in [3.63, 3.8) is 0 Å². The highest BCUT2D eigenvalue weighted by Crippen LogP contribution is 2.32. The van der Waals surface area contributed by atoms with Crippen LogP contribution in [0.3, 0.4) is 0 Å². The summed E-state index contributed by atoms with van der Waals surface area (Å²) in [6.45, 7) is 2.65. The van der Waals surface area contributed by atoms with Crippen LogP contribution in [-0.4, -0.2) is 15.5 Å². The lowest BCUT2D eigenvalue weighted by Crippen LogP contribution is -2.36. The van der Waals surface area contributed by atoms with Crippen molar-refractivity contribution in [1.29, 1.82) is 0 Å². The van der Waals surface area contributed by atoms with E-state index in [2.05, 4.69) is 41.2 Å². The van der Waals surface area contributed by atoms with E-state index in [0.717, 1.165) is 22.6 Å². The smallest absolute Gasteiger partial charge is 0.318 e. The highest BCUT2D eigenvalue weighted by molar-refractivity contribution is 5.89. The van der Waals surface area contributed by atoms with Crippen molar-refractivity contribution in [2.75, 3.05) is 5.32 Å². The normalized spacial score (nSPS) is 16.0. The van der Waals surface area contributed by atoms with Gasteiger partial charge in [0.25, 0.3) is 0 Å². The summed E-state index contributed by atoms with van der Waals surface area (Å²) in [6.07, 6.45) is 2.06. The minimum atomic E-state index is -0.0850. The van der Waals surface area contributed by atoms with E-state index in [1.807, 2.05) is 53.4 Å². The number of anilines is 1. The molecular weight excluding hydrogens is 298 g/mol. The number of amides is 2. The van der Waals surface area contributed by atoms with Crippen molar-refractivity contribution in [2.45, 2.75) is 19.5 Å². The third kappa shape index (κ3) is 2.46. The molecule has 0 unspecified atom stereocenters. The second kappa shape index (κ2) is 5.89. The molecule has 0 aliphatic carbocycles. The first-order valence-electron chi connectivity index (χ1n) is 8.12. The van der Waals surface area contributed by atoms with E-state index in [-0.39, 0.29) is 12.1 Å². The molecule has 3 aromatic rings. The molecule has 2 amide bonds. The van der Waals surface area contributed by atoms with Crippen LogP contribution in [0.1, 0.15) is 24.2 Å². The zero-order chi connectivity index (χ0) is 16.5. The van der Waals surface area contributed by atoms with Gasteiger partial charge in [-0.05, 0) is 42.8 Å². The molecule has 1 aliphatic rings. The van der Waals surface area contributed by atoms with E-state index in [1.165, 1.54) is 0 Å². The van der Waals surface area contributed by atoms with Gasteiger partial charge in [0.1, 0.15) is 0 Å². The quantitative estimate of drug-likeness (QED) is 0.700. The number of para-hydroxylation sites is 2. The Bertz CT molecular complexity index is 869. The van der Waals surface area contributed by atoms with E-state index in [0.29, 0.717) is 6.54 Å². The summed E-state index contributed by atoms with van der Waals surface area (Å²) in [6, 6.07) is 21.8. The van der Waals surface area contributed by atoms with Gasteiger partial charge >= 0.3 is 6.03 Å². The summed E-state index contributed by atoms with van der Waals surface area (Å²) in [4.78, 5) is 14.8. The average Bonchev–Trinajstić information content (AvgIpc) is 3.06. The molecule has 4 heteroatoms. The Kier molecular flexibility index (Phi) is 3.58. The number of carbonyl (C=O) groups is 1. The Morgan fingerprint density at radius 1 is 1.00 bits per heavy atom. The van der Waals surface area contributed by atoms with Gasteiger partial charge in [-0.2, -0.15) is 0 Å². The Balaban J connectivity index is 1.71. The van der Waals surface area contributed by atoms with Crippen LogP contribution in [0.15, 0.2) is 72.9 Å². The number of nitrogens with one attached hydrogen (secondary N) is 1. The minimum Gasteiger partial charge on any atom is -0.318 e. The van der Waals surface area contributed by atoms with Gasteiger partial charge in [-0.15, -0.1) is 0 Å². The summed E-state index contributed by atoms with van der Waals surface area (Å²) in [7, 11) is 0. The molecule has 1 N–H and O–H groups in total. The summed E-state index contributed by atoms with van der Waals surface area (Å²) >= 11 is 0. The molecule has 120 valence electrons. The summed E-state index contributed by atoms with van der Waals surface area (Å²) < 4.78 is 2.18. The van der Waals surface area contributed by atoms with Crippen LogP contribution >= 0.6 is 0 Å². The molecule has 0 spiro atoms. The Labute approximate surface area is 141 Å². The number of benzene rings is 2. The van der Waals surface area contributed by atoms with Gasteiger partial charge in [0.05, 0.1) is 18.3 Å². The van der Waals surface area contributed by atoms with E-state index < -0.39 is 0 Å². The number of fused-ring (bicyclic) bond motifs is 3. The fourth-order valence-corrected chi connectivity index (χ4v) is 3.28. The second-order valence-electron chi connectivity index (χ2n) is 6.03. The number of carbonyl (C=O) groups excluding carboxylic acids is 1. The monoisotopic (exact) mass is 317 g/mol. The predicted octanol–water partition coefficient (Wildman–Crippen LogP) is 4.59. The predicted molar refractivity (Wildman–Crippen MR) is 95.2 cm³/mol. The third-order valence-corrected chi connectivity index (χ3v) is 4.55. The van der Waals surface area contributed by atoms with Crippen molar-refractivity contribution < 1.29 is 4.79 Å². The number of rotatable bonds is 1. The lowest BCUT2D eigenvalue weighted by molar-refractivity contribution is 0.189. The molecule has 0 fully saturated rings. The topological polar surface area (TPSA) is 37.3 Å². The molecule has 0 bridgehead atoms. The molecule has 1 aliphatic heterocycles. The number of hydrogen-bond acceptors (Lipinski definition) is 1. The molecule has 0 saturated carbocycles. The fraction of sp³-hybridized carbons (Fsp3) is 0.150. The minimum absolute atomic E-state index is 0.0175. The van der Waals surface area contributed by atoms with Crippen molar-refractivity contribution in [1.82, 2.24) is 9.47 Å². The van der Waals surface area contributed by atoms with Crippen molar-refractivity contribution >= 4 is 11.7 Å². The third-order valence-electron chi connectivity index (χ3n) is 4.55. The largest absolute Gasteiger partial charge is 0.322 e. The molecule has 0 radical (unpaired) electrons. The van der Waals surface area contributed by atoms with Crippen molar-refractivity contribution in [3.05, 3.63) is 84.2 Å². The van der Waals surface area contributed by atoms with E-state index in [4.69, 9.17) is 0 Å². The number of aromatic nitrogens is 1. The zero-order valence-electron chi connectivity index (χ0n) is 13.5. The lowest BCUT2D eigenvalue weighted by atomic mass is 10.1. The maximum absolute atomic E-state index is 12.9.